The van der Waals surface area contributed by atoms with E-state index in [1.54, 1.807) is 17.5 Å². The van der Waals surface area contributed by atoms with E-state index >= 15 is 0 Å². The van der Waals surface area contributed by atoms with Gasteiger partial charge >= 0.3 is 5.97 Å². The summed E-state index contributed by atoms with van der Waals surface area (Å²) in [5.74, 6) is -1.98. The molecule has 2 aromatic rings. The average Bonchev–Trinajstić information content (AvgIpc) is 2.92. The summed E-state index contributed by atoms with van der Waals surface area (Å²) < 4.78 is 13.4. The third-order valence-corrected chi connectivity index (χ3v) is 4.15. The van der Waals surface area contributed by atoms with Gasteiger partial charge in [0.2, 0.25) is 0 Å². The Morgan fingerprint density at radius 1 is 1.52 bits per heavy atom. The number of halogens is 2. The van der Waals surface area contributed by atoms with Crippen molar-refractivity contribution in [2.75, 3.05) is 5.32 Å². The molecule has 0 aliphatic carbocycles. The van der Waals surface area contributed by atoms with Crippen LogP contribution in [0.15, 0.2) is 34.1 Å². The second-order valence-corrected chi connectivity index (χ2v) is 5.81. The highest BCUT2D eigenvalue weighted by Crippen LogP contribution is 2.34. The molecule has 9 heteroatoms. The van der Waals surface area contributed by atoms with Gasteiger partial charge in [-0.3, -0.25) is 10.1 Å². The molecule has 0 fully saturated rings. The van der Waals surface area contributed by atoms with Crippen LogP contribution in [0, 0.1) is 15.9 Å². The van der Waals surface area contributed by atoms with Crippen LogP contribution in [0.1, 0.15) is 10.9 Å². The van der Waals surface area contributed by atoms with E-state index < -0.39 is 28.4 Å². The Hall–Kier alpha value is -2.00. The van der Waals surface area contributed by atoms with Crippen molar-refractivity contribution in [2.24, 2.45) is 0 Å². The van der Waals surface area contributed by atoms with Crippen molar-refractivity contribution in [1.29, 1.82) is 0 Å². The first-order valence-corrected chi connectivity index (χ1v) is 7.23. The Balaban J connectivity index is 2.43. The molecule has 6 nitrogen and oxygen atoms in total. The Labute approximate surface area is 130 Å². The van der Waals surface area contributed by atoms with Crippen LogP contribution >= 0.6 is 27.3 Å². The fourth-order valence-electron chi connectivity index (χ4n) is 1.67. The molecule has 2 rings (SSSR count). The third-order valence-electron chi connectivity index (χ3n) is 2.61. The maximum Gasteiger partial charge on any atom is 0.331 e. The number of aliphatic carboxylic acids is 1. The highest BCUT2D eigenvalue weighted by molar-refractivity contribution is 9.10. The van der Waals surface area contributed by atoms with E-state index in [2.05, 4.69) is 21.2 Å². The smallest absolute Gasteiger partial charge is 0.331 e. The number of carboxylic acid groups (broad SMARTS) is 1. The minimum absolute atomic E-state index is 0.00548. The lowest BCUT2D eigenvalue weighted by Gasteiger charge is -2.14. The van der Waals surface area contributed by atoms with Gasteiger partial charge in [0, 0.05) is 4.88 Å². The SMILES string of the molecule is O=C(O)C(Nc1cc(Br)c(F)cc1[N+](=O)[O-])c1cccs1. The molecule has 0 radical (unpaired) electrons. The average molecular weight is 375 g/mol. The summed E-state index contributed by atoms with van der Waals surface area (Å²) in [5, 5.41) is 24.5. The molecule has 0 saturated heterocycles. The molecule has 2 N–H and O–H groups in total. The quantitative estimate of drug-likeness (QED) is 0.613. The van der Waals surface area contributed by atoms with Crippen molar-refractivity contribution in [3.8, 4) is 0 Å². The van der Waals surface area contributed by atoms with E-state index in [1.807, 2.05) is 0 Å². The molecule has 1 aromatic carbocycles. The molecule has 1 heterocycles. The summed E-state index contributed by atoms with van der Waals surface area (Å²) >= 11 is 4.12. The van der Waals surface area contributed by atoms with Gasteiger partial charge in [-0.1, -0.05) is 6.07 Å². The van der Waals surface area contributed by atoms with Crippen LogP contribution in [-0.2, 0) is 4.79 Å². The maximum absolute atomic E-state index is 13.4. The van der Waals surface area contributed by atoms with Gasteiger partial charge in [0.25, 0.3) is 5.69 Å². The summed E-state index contributed by atoms with van der Waals surface area (Å²) in [5.41, 5.74) is -0.604. The van der Waals surface area contributed by atoms with Crippen molar-refractivity contribution >= 4 is 44.6 Å². The number of rotatable bonds is 5. The molecule has 0 saturated carbocycles. The molecular formula is C12H8BrFN2O4S. The fraction of sp³-hybridized carbons (Fsp3) is 0.0833. The summed E-state index contributed by atoms with van der Waals surface area (Å²) in [6, 6.07) is 4.01. The van der Waals surface area contributed by atoms with Gasteiger partial charge in [-0.25, -0.2) is 9.18 Å². The van der Waals surface area contributed by atoms with Crippen molar-refractivity contribution in [2.45, 2.75) is 6.04 Å². The van der Waals surface area contributed by atoms with Crippen LogP contribution in [0.5, 0.6) is 0 Å². The normalized spacial score (nSPS) is 11.9. The van der Waals surface area contributed by atoms with Crippen molar-refractivity contribution in [1.82, 2.24) is 0 Å². The van der Waals surface area contributed by atoms with E-state index in [9.17, 15) is 24.4 Å². The molecular weight excluding hydrogens is 367 g/mol. The number of thiophene rings is 1. The van der Waals surface area contributed by atoms with Crippen LogP contribution in [0.2, 0.25) is 0 Å². The zero-order valence-electron chi connectivity index (χ0n) is 10.2. The summed E-state index contributed by atoms with van der Waals surface area (Å²) in [6.07, 6.45) is 0. The van der Waals surface area contributed by atoms with Crippen LogP contribution in [0.25, 0.3) is 0 Å². The Morgan fingerprint density at radius 2 is 2.24 bits per heavy atom. The van der Waals surface area contributed by atoms with Crippen molar-refractivity contribution in [3.05, 3.63) is 54.9 Å². The molecule has 110 valence electrons. The van der Waals surface area contributed by atoms with Crippen molar-refractivity contribution in [3.63, 3.8) is 0 Å². The van der Waals surface area contributed by atoms with Gasteiger partial charge in [0.15, 0.2) is 6.04 Å². The predicted octanol–water partition coefficient (Wildman–Crippen LogP) is 3.80. The maximum atomic E-state index is 13.4. The van der Waals surface area contributed by atoms with Crippen LogP contribution in [0.3, 0.4) is 0 Å². The largest absolute Gasteiger partial charge is 0.479 e. The molecule has 0 amide bonds. The zero-order valence-corrected chi connectivity index (χ0v) is 12.6. The van der Waals surface area contributed by atoms with Gasteiger partial charge in [0.05, 0.1) is 15.5 Å². The minimum atomic E-state index is -1.19. The predicted molar refractivity (Wildman–Crippen MR) is 79.1 cm³/mol. The number of nitrogens with zero attached hydrogens (tertiary/aromatic N) is 1. The number of carboxylic acids is 1. The molecule has 21 heavy (non-hydrogen) atoms. The summed E-state index contributed by atoms with van der Waals surface area (Å²) in [4.78, 5) is 22.0. The number of anilines is 1. The summed E-state index contributed by atoms with van der Waals surface area (Å²) in [6.45, 7) is 0. The molecule has 1 aromatic heterocycles. The standard InChI is InChI=1S/C12H8BrFN2O4S/c13-6-4-8(9(16(19)20)5-7(6)14)15-11(12(17)18)10-2-1-3-21-10/h1-5,11,15H,(H,17,18). The first kappa shape index (κ1) is 15.4. The van der Waals surface area contributed by atoms with E-state index in [-0.39, 0.29) is 10.2 Å². The highest BCUT2D eigenvalue weighted by atomic mass is 79.9. The zero-order chi connectivity index (χ0) is 15.6. The van der Waals surface area contributed by atoms with E-state index in [4.69, 9.17) is 0 Å². The molecule has 0 bridgehead atoms. The second-order valence-electron chi connectivity index (χ2n) is 3.97. The topological polar surface area (TPSA) is 92.5 Å². The monoisotopic (exact) mass is 374 g/mol. The lowest BCUT2D eigenvalue weighted by atomic mass is 10.2. The summed E-state index contributed by atoms with van der Waals surface area (Å²) in [7, 11) is 0. The lowest BCUT2D eigenvalue weighted by molar-refractivity contribution is -0.384. The minimum Gasteiger partial charge on any atom is -0.479 e. The van der Waals surface area contributed by atoms with Crippen molar-refractivity contribution < 1.29 is 19.2 Å². The van der Waals surface area contributed by atoms with Gasteiger partial charge in [0.1, 0.15) is 11.5 Å². The number of nitrogens with one attached hydrogen (secondary N) is 1. The van der Waals surface area contributed by atoms with Gasteiger partial charge in [-0.05, 0) is 33.4 Å². The molecule has 0 aliphatic heterocycles. The Kier molecular flexibility index (Phi) is 4.53. The van der Waals surface area contributed by atoms with Crippen LogP contribution in [-0.4, -0.2) is 16.0 Å². The van der Waals surface area contributed by atoms with Crippen LogP contribution in [0.4, 0.5) is 15.8 Å². The molecule has 0 aliphatic rings. The van der Waals surface area contributed by atoms with Gasteiger partial charge in [-0.15, -0.1) is 11.3 Å². The van der Waals surface area contributed by atoms with Crippen LogP contribution < -0.4 is 5.32 Å². The second kappa shape index (κ2) is 6.19. The van der Waals surface area contributed by atoms with Gasteiger partial charge < -0.3 is 10.4 Å². The number of hydrogen-bond donors (Lipinski definition) is 2. The number of nitro groups is 1. The first-order chi connectivity index (χ1) is 9.90. The number of carbonyl (C=O) groups is 1. The lowest BCUT2D eigenvalue weighted by Crippen LogP contribution is -2.20. The third kappa shape index (κ3) is 3.37. The van der Waals surface area contributed by atoms with E-state index in [0.717, 1.165) is 12.1 Å². The van der Waals surface area contributed by atoms with E-state index in [0.29, 0.717) is 4.88 Å². The Bertz CT molecular complexity index is 693. The molecule has 1 atom stereocenters. The number of benzene rings is 1. The first-order valence-electron chi connectivity index (χ1n) is 5.56. The Morgan fingerprint density at radius 3 is 2.76 bits per heavy atom. The molecule has 1 unspecified atom stereocenters. The number of hydrogen-bond acceptors (Lipinski definition) is 5. The molecule has 0 spiro atoms. The fourth-order valence-corrected chi connectivity index (χ4v) is 2.78. The van der Waals surface area contributed by atoms with Gasteiger partial charge in [-0.2, -0.15) is 0 Å². The number of nitro benzene ring substituents is 1. The van der Waals surface area contributed by atoms with E-state index in [1.165, 1.54) is 11.3 Å². The highest BCUT2D eigenvalue weighted by Gasteiger charge is 2.25.